The minimum absolute atomic E-state index is 0.0280. The van der Waals surface area contributed by atoms with E-state index in [0.29, 0.717) is 5.56 Å². The largest absolute Gasteiger partial charge is 0.487 e. The molecule has 1 unspecified atom stereocenters. The average molecular weight is 219 g/mol. The number of hydrogen-bond donors (Lipinski definition) is 1. The summed E-state index contributed by atoms with van der Waals surface area (Å²) in [6.45, 7) is 6.28. The summed E-state index contributed by atoms with van der Waals surface area (Å²) in [5.74, 6) is 1.14. The minimum Gasteiger partial charge on any atom is -0.487 e. The lowest BCUT2D eigenvalue weighted by atomic mass is 9.88. The quantitative estimate of drug-likeness (QED) is 0.775. The summed E-state index contributed by atoms with van der Waals surface area (Å²) in [7, 11) is 0. The molecule has 2 rings (SSSR count). The molecule has 16 heavy (non-hydrogen) atoms. The summed E-state index contributed by atoms with van der Waals surface area (Å²) in [4.78, 5) is 11.5. The third-order valence-electron chi connectivity index (χ3n) is 3.40. The van der Waals surface area contributed by atoms with Gasteiger partial charge in [-0.1, -0.05) is 6.92 Å². The lowest BCUT2D eigenvalue weighted by Crippen LogP contribution is -2.28. The highest BCUT2D eigenvalue weighted by molar-refractivity contribution is 5.97. The molecule has 0 spiro atoms. The van der Waals surface area contributed by atoms with E-state index < -0.39 is 0 Å². The van der Waals surface area contributed by atoms with E-state index in [0.717, 1.165) is 11.3 Å². The zero-order chi connectivity index (χ0) is 11.9. The number of ether oxygens (including phenoxy) is 1. The smallest absolute Gasteiger partial charge is 0.176 e. The molecule has 3 nitrogen and oxygen atoms in total. The molecule has 1 aliphatic heterocycles. The maximum atomic E-state index is 11.5. The van der Waals surface area contributed by atoms with Gasteiger partial charge in [0.25, 0.3) is 0 Å². The molecule has 0 aliphatic carbocycles. The maximum Gasteiger partial charge on any atom is 0.176 e. The lowest BCUT2D eigenvalue weighted by molar-refractivity contribution is 0.100. The topological polar surface area (TPSA) is 52.3 Å². The van der Waals surface area contributed by atoms with Crippen LogP contribution in [0.15, 0.2) is 18.2 Å². The van der Waals surface area contributed by atoms with Crippen LogP contribution in [-0.4, -0.2) is 17.9 Å². The van der Waals surface area contributed by atoms with Crippen molar-refractivity contribution in [2.24, 2.45) is 5.73 Å². The number of carbonyl (C=O) groups is 1. The first-order valence-corrected chi connectivity index (χ1v) is 5.52. The molecule has 3 heteroatoms. The maximum absolute atomic E-state index is 11.5. The second kappa shape index (κ2) is 3.59. The summed E-state index contributed by atoms with van der Waals surface area (Å²) in [6.07, 6.45) is 0. The third-order valence-corrected chi connectivity index (χ3v) is 3.40. The number of carbonyl (C=O) groups excluding carboxylic acids is 1. The van der Waals surface area contributed by atoms with Gasteiger partial charge in [0.2, 0.25) is 0 Å². The second-order valence-electron chi connectivity index (χ2n) is 4.81. The Hall–Kier alpha value is -1.35. The summed E-state index contributed by atoms with van der Waals surface area (Å²) in [5, 5.41) is 0. The van der Waals surface area contributed by atoms with E-state index in [4.69, 9.17) is 10.5 Å². The van der Waals surface area contributed by atoms with E-state index >= 15 is 0 Å². The highest BCUT2D eigenvalue weighted by Gasteiger charge is 2.38. The van der Waals surface area contributed by atoms with Crippen LogP contribution in [0.25, 0.3) is 0 Å². The van der Waals surface area contributed by atoms with Crippen LogP contribution in [0.2, 0.25) is 0 Å². The molecule has 1 aliphatic rings. The van der Waals surface area contributed by atoms with Crippen LogP contribution >= 0.6 is 0 Å². The van der Waals surface area contributed by atoms with Crippen LogP contribution in [0.3, 0.4) is 0 Å². The van der Waals surface area contributed by atoms with Crippen LogP contribution < -0.4 is 10.5 Å². The molecule has 0 radical (unpaired) electrons. The normalized spacial score (nSPS) is 21.4. The summed E-state index contributed by atoms with van der Waals surface area (Å²) >= 11 is 0. The summed E-state index contributed by atoms with van der Waals surface area (Å²) < 4.78 is 5.83. The van der Waals surface area contributed by atoms with Crippen molar-refractivity contribution in [3.63, 3.8) is 0 Å². The monoisotopic (exact) mass is 219 g/mol. The molecule has 0 aromatic heterocycles. The Morgan fingerprint density at radius 1 is 1.50 bits per heavy atom. The highest BCUT2D eigenvalue weighted by Crippen LogP contribution is 2.44. The van der Waals surface area contributed by atoms with Gasteiger partial charge in [-0.05, 0) is 32.0 Å². The Morgan fingerprint density at radius 3 is 2.81 bits per heavy atom. The van der Waals surface area contributed by atoms with E-state index in [9.17, 15) is 4.79 Å². The molecule has 1 aromatic rings. The first-order chi connectivity index (χ1) is 7.45. The Labute approximate surface area is 95.6 Å². The number of fused-ring (bicyclic) bond motifs is 1. The van der Waals surface area contributed by atoms with Crippen molar-refractivity contribution < 1.29 is 9.53 Å². The lowest BCUT2D eigenvalue weighted by Gasteiger charge is -2.22. The second-order valence-corrected chi connectivity index (χ2v) is 4.81. The fourth-order valence-electron chi connectivity index (χ4n) is 2.02. The molecular weight excluding hydrogens is 202 g/mol. The summed E-state index contributed by atoms with van der Waals surface area (Å²) in [6, 6.07) is 5.55. The number of benzene rings is 1. The molecule has 1 atom stereocenters. The van der Waals surface area contributed by atoms with E-state index in [-0.39, 0.29) is 23.8 Å². The predicted octanol–water partition coefficient (Wildman–Crippen LogP) is 2.10. The third kappa shape index (κ3) is 1.61. The molecule has 0 saturated heterocycles. The Morgan fingerprint density at radius 2 is 2.19 bits per heavy atom. The molecule has 1 heterocycles. The first kappa shape index (κ1) is 11.1. The number of Topliss-reactive ketones (excluding diaryl/α,β-unsaturated/α-hetero) is 1. The Kier molecular flexibility index (Phi) is 2.50. The molecule has 0 amide bonds. The van der Waals surface area contributed by atoms with Crippen molar-refractivity contribution in [3.05, 3.63) is 29.3 Å². The Bertz CT molecular complexity index is 438. The van der Waals surface area contributed by atoms with Crippen molar-refractivity contribution in [3.8, 4) is 5.75 Å². The summed E-state index contributed by atoms with van der Waals surface area (Å²) in [5.41, 5.74) is 6.93. The van der Waals surface area contributed by atoms with Gasteiger partial charge in [-0.15, -0.1) is 0 Å². The van der Waals surface area contributed by atoms with Crippen molar-refractivity contribution in [1.82, 2.24) is 0 Å². The number of rotatable bonds is 2. The van der Waals surface area contributed by atoms with E-state index in [1.807, 2.05) is 12.1 Å². The van der Waals surface area contributed by atoms with Crippen molar-refractivity contribution in [2.75, 3.05) is 6.54 Å². The van der Waals surface area contributed by atoms with Crippen LogP contribution in [-0.2, 0) is 0 Å². The molecule has 0 bridgehead atoms. The van der Waals surface area contributed by atoms with Crippen LogP contribution in [0.5, 0.6) is 5.75 Å². The van der Waals surface area contributed by atoms with Crippen LogP contribution in [0, 0.1) is 0 Å². The molecular formula is C13H17NO2. The van der Waals surface area contributed by atoms with Gasteiger partial charge in [0.15, 0.2) is 5.78 Å². The zero-order valence-electron chi connectivity index (χ0n) is 9.91. The van der Waals surface area contributed by atoms with Gasteiger partial charge >= 0.3 is 0 Å². The Balaban J connectivity index is 2.43. The van der Waals surface area contributed by atoms with Gasteiger partial charge in [0.05, 0.1) is 6.54 Å². The van der Waals surface area contributed by atoms with Crippen LogP contribution in [0.4, 0.5) is 0 Å². The van der Waals surface area contributed by atoms with Crippen LogP contribution in [0.1, 0.15) is 42.6 Å². The van der Waals surface area contributed by atoms with Crippen molar-refractivity contribution >= 4 is 5.78 Å². The average Bonchev–Trinajstić information content (AvgIpc) is 2.48. The SMILES string of the molecule is CC1c2cc(C(=O)CN)ccc2OC1(C)C. The van der Waals surface area contributed by atoms with E-state index in [1.165, 1.54) is 0 Å². The van der Waals surface area contributed by atoms with E-state index in [1.54, 1.807) is 6.07 Å². The molecule has 1 aromatic carbocycles. The zero-order valence-corrected chi connectivity index (χ0v) is 9.91. The fourth-order valence-corrected chi connectivity index (χ4v) is 2.02. The number of ketones is 1. The first-order valence-electron chi connectivity index (χ1n) is 5.52. The van der Waals surface area contributed by atoms with Gasteiger partial charge in [0, 0.05) is 17.0 Å². The highest BCUT2D eigenvalue weighted by atomic mass is 16.5. The van der Waals surface area contributed by atoms with Gasteiger partial charge in [0.1, 0.15) is 11.4 Å². The number of hydrogen-bond acceptors (Lipinski definition) is 3. The van der Waals surface area contributed by atoms with Gasteiger partial charge in [-0.3, -0.25) is 4.79 Å². The molecule has 86 valence electrons. The minimum atomic E-state index is -0.202. The van der Waals surface area contributed by atoms with Gasteiger partial charge < -0.3 is 10.5 Å². The van der Waals surface area contributed by atoms with Crippen molar-refractivity contribution in [2.45, 2.75) is 32.3 Å². The molecule has 0 saturated carbocycles. The molecule has 0 fully saturated rings. The van der Waals surface area contributed by atoms with Gasteiger partial charge in [-0.2, -0.15) is 0 Å². The number of nitrogens with two attached hydrogens (primary N) is 1. The predicted molar refractivity (Wildman–Crippen MR) is 62.9 cm³/mol. The standard InChI is InChI=1S/C13H17NO2/c1-8-10-6-9(11(15)7-14)4-5-12(10)16-13(8,2)3/h4-6,8H,7,14H2,1-3H3. The van der Waals surface area contributed by atoms with Crippen molar-refractivity contribution in [1.29, 1.82) is 0 Å². The van der Waals surface area contributed by atoms with Gasteiger partial charge in [-0.25, -0.2) is 0 Å². The van der Waals surface area contributed by atoms with E-state index in [2.05, 4.69) is 20.8 Å². The fraction of sp³-hybridized carbons (Fsp3) is 0.462. The molecule has 2 N–H and O–H groups in total.